The van der Waals surface area contributed by atoms with Gasteiger partial charge in [-0.1, -0.05) is 30.3 Å². The highest BCUT2D eigenvalue weighted by Crippen LogP contribution is 2.49. The number of carbonyl (C=O) groups is 1. The second-order valence-electron chi connectivity index (χ2n) is 9.30. The minimum Gasteiger partial charge on any atom is -0.473 e. The van der Waals surface area contributed by atoms with E-state index in [1.54, 1.807) is 25.6 Å². The zero-order valence-electron chi connectivity index (χ0n) is 21.0. The normalized spacial score (nSPS) is 16.6. The van der Waals surface area contributed by atoms with Crippen molar-refractivity contribution in [3.63, 3.8) is 0 Å². The topological polar surface area (TPSA) is 122 Å². The molecule has 1 aromatic carbocycles. The molecule has 37 heavy (non-hydrogen) atoms. The zero-order valence-corrected chi connectivity index (χ0v) is 21.0. The Hall–Kier alpha value is -4.27. The number of hydrogen-bond donors (Lipinski definition) is 3. The maximum atomic E-state index is 12.2. The third-order valence-electron chi connectivity index (χ3n) is 7.01. The van der Waals surface area contributed by atoms with Crippen LogP contribution in [0.4, 0.5) is 5.82 Å². The maximum Gasteiger partial charge on any atom is 0.316 e. The first-order chi connectivity index (χ1) is 18.1. The molecule has 2 fully saturated rings. The van der Waals surface area contributed by atoms with Gasteiger partial charge in [-0.2, -0.15) is 4.98 Å². The number of ether oxygens (including phenoxy) is 2. The van der Waals surface area contributed by atoms with Crippen LogP contribution in [-0.4, -0.2) is 47.4 Å². The predicted molar refractivity (Wildman–Crippen MR) is 141 cm³/mol. The van der Waals surface area contributed by atoms with Crippen LogP contribution < -0.4 is 15.4 Å². The van der Waals surface area contributed by atoms with Crippen LogP contribution in [-0.2, 0) is 14.9 Å². The number of benzene rings is 1. The molecule has 2 aliphatic carbocycles. The van der Waals surface area contributed by atoms with Gasteiger partial charge in [-0.3, -0.25) is 14.8 Å². The Labute approximate surface area is 215 Å². The van der Waals surface area contributed by atoms with Crippen LogP contribution in [0.5, 0.6) is 5.88 Å². The van der Waals surface area contributed by atoms with Gasteiger partial charge in [0, 0.05) is 25.0 Å². The Morgan fingerprint density at radius 1 is 1.08 bits per heavy atom. The van der Waals surface area contributed by atoms with E-state index in [-0.39, 0.29) is 12.1 Å². The largest absolute Gasteiger partial charge is 0.473 e. The molecular formula is C28H30N6O3. The van der Waals surface area contributed by atoms with E-state index < -0.39 is 5.41 Å². The van der Waals surface area contributed by atoms with Crippen molar-refractivity contribution in [2.24, 2.45) is 0 Å². The van der Waals surface area contributed by atoms with Gasteiger partial charge in [0.25, 0.3) is 0 Å². The van der Waals surface area contributed by atoms with Gasteiger partial charge in [-0.15, -0.1) is 0 Å². The third-order valence-corrected chi connectivity index (χ3v) is 7.01. The van der Waals surface area contributed by atoms with Gasteiger partial charge in [-0.05, 0) is 49.3 Å². The average Bonchev–Trinajstić information content (AvgIpc) is 3.73. The van der Waals surface area contributed by atoms with Crippen molar-refractivity contribution in [2.45, 2.75) is 43.6 Å². The Morgan fingerprint density at radius 2 is 1.84 bits per heavy atom. The van der Waals surface area contributed by atoms with Crippen molar-refractivity contribution in [3.05, 3.63) is 72.1 Å². The van der Waals surface area contributed by atoms with E-state index >= 15 is 0 Å². The quantitative estimate of drug-likeness (QED) is 0.279. The van der Waals surface area contributed by atoms with Crippen molar-refractivity contribution in [2.75, 3.05) is 19.5 Å². The number of allylic oxidation sites excluding steroid dienone is 1. The molecule has 2 aromatic heterocycles. The number of pyridine rings is 1. The molecule has 2 heterocycles. The molecule has 2 aliphatic rings. The van der Waals surface area contributed by atoms with E-state index in [1.165, 1.54) is 19.7 Å². The highest BCUT2D eigenvalue weighted by molar-refractivity contribution is 6.09. The van der Waals surface area contributed by atoms with E-state index in [9.17, 15) is 4.79 Å². The van der Waals surface area contributed by atoms with Crippen molar-refractivity contribution in [1.82, 2.24) is 20.3 Å². The van der Waals surface area contributed by atoms with Gasteiger partial charge in [0.1, 0.15) is 11.9 Å². The average molecular weight is 499 g/mol. The third kappa shape index (κ3) is 5.02. The molecule has 0 radical (unpaired) electrons. The first kappa shape index (κ1) is 24.4. The maximum absolute atomic E-state index is 12.2. The lowest BCUT2D eigenvalue weighted by atomic mass is 9.94. The van der Waals surface area contributed by atoms with Gasteiger partial charge in [0.2, 0.25) is 5.88 Å². The van der Waals surface area contributed by atoms with Crippen molar-refractivity contribution >= 4 is 23.6 Å². The number of nitrogens with one attached hydrogen (secondary N) is 3. The van der Waals surface area contributed by atoms with Crippen LogP contribution in [0.25, 0.3) is 16.7 Å². The highest BCUT2D eigenvalue weighted by Gasteiger charge is 2.52. The fraction of sp³-hybridized carbons (Fsp3) is 0.321. The van der Waals surface area contributed by atoms with Gasteiger partial charge in [0.05, 0.1) is 36.2 Å². The molecule has 0 unspecified atom stereocenters. The number of aromatic nitrogens is 3. The lowest BCUT2D eigenvalue weighted by molar-refractivity contribution is -0.143. The number of carbonyl (C=O) groups excluding carboxylic acids is 1. The summed E-state index contributed by atoms with van der Waals surface area (Å²) in [5.41, 5.74) is 3.64. The fourth-order valence-electron chi connectivity index (χ4n) is 4.43. The smallest absolute Gasteiger partial charge is 0.316 e. The van der Waals surface area contributed by atoms with E-state index in [0.29, 0.717) is 28.8 Å². The van der Waals surface area contributed by atoms with E-state index in [1.807, 2.05) is 36.4 Å². The Bertz CT molecular complexity index is 1310. The van der Waals surface area contributed by atoms with Gasteiger partial charge >= 0.3 is 5.97 Å². The van der Waals surface area contributed by atoms with Crippen LogP contribution in [0.3, 0.4) is 0 Å². The number of hydrogen-bond acceptors (Lipinski definition) is 9. The van der Waals surface area contributed by atoms with Gasteiger partial charge < -0.3 is 25.5 Å². The minimum absolute atomic E-state index is 0.172. The van der Waals surface area contributed by atoms with Crippen LogP contribution in [0.2, 0.25) is 0 Å². The molecule has 3 aromatic rings. The Kier molecular flexibility index (Phi) is 6.85. The Balaban J connectivity index is 1.33. The molecule has 9 nitrogen and oxygen atoms in total. The summed E-state index contributed by atoms with van der Waals surface area (Å²) >= 11 is 0. The molecule has 0 atom stereocenters. The number of rotatable bonds is 10. The molecule has 0 bridgehead atoms. The molecule has 0 spiro atoms. The summed E-state index contributed by atoms with van der Waals surface area (Å²) in [6.07, 6.45) is 11.4. The van der Waals surface area contributed by atoms with Crippen molar-refractivity contribution in [3.8, 4) is 17.0 Å². The molecule has 0 amide bonds. The van der Waals surface area contributed by atoms with Crippen LogP contribution >= 0.6 is 0 Å². The van der Waals surface area contributed by atoms with Crippen LogP contribution in [0.15, 0.2) is 60.8 Å². The number of anilines is 1. The summed E-state index contributed by atoms with van der Waals surface area (Å²) in [7, 11) is 3.20. The first-order valence-corrected chi connectivity index (χ1v) is 12.4. The van der Waals surface area contributed by atoms with E-state index in [2.05, 4.69) is 25.6 Å². The van der Waals surface area contributed by atoms with E-state index in [4.69, 9.17) is 14.9 Å². The summed E-state index contributed by atoms with van der Waals surface area (Å²) in [6, 6.07) is 11.8. The number of nitrogens with zero attached hydrogens (tertiary/aromatic N) is 3. The van der Waals surface area contributed by atoms with E-state index in [0.717, 1.165) is 42.4 Å². The number of methoxy groups -OCH3 is 1. The minimum atomic E-state index is -0.483. The lowest BCUT2D eigenvalue weighted by Gasteiger charge is -2.25. The molecule has 190 valence electrons. The number of esters is 1. The Morgan fingerprint density at radius 3 is 2.41 bits per heavy atom. The SMILES string of the molecule is CN/C(Nc1cncc(OC2CCC2)n1)=C(\C=N)c1ccc(-c2ccc(C3(C(=O)OC)CC3)cc2)cn1. The second-order valence-corrected chi connectivity index (χ2v) is 9.30. The highest BCUT2D eigenvalue weighted by atomic mass is 16.5. The van der Waals surface area contributed by atoms with Crippen LogP contribution in [0, 0.1) is 5.41 Å². The molecular weight excluding hydrogens is 468 g/mol. The van der Waals surface area contributed by atoms with Crippen molar-refractivity contribution in [1.29, 1.82) is 5.41 Å². The second kappa shape index (κ2) is 10.4. The van der Waals surface area contributed by atoms with Crippen molar-refractivity contribution < 1.29 is 14.3 Å². The molecule has 3 N–H and O–H groups in total. The lowest BCUT2D eigenvalue weighted by Crippen LogP contribution is -2.25. The fourth-order valence-corrected chi connectivity index (χ4v) is 4.43. The molecule has 9 heteroatoms. The summed E-state index contributed by atoms with van der Waals surface area (Å²) in [4.78, 5) is 25.5. The molecule has 0 aliphatic heterocycles. The first-order valence-electron chi connectivity index (χ1n) is 12.4. The summed E-state index contributed by atoms with van der Waals surface area (Å²) in [5.74, 6) is 1.40. The zero-order chi connectivity index (χ0) is 25.8. The standard InChI is InChI=1S/C28H30N6O3/c1-30-26(34-24-16-31-17-25(33-24)37-21-4-3-5-21)22(14-29)23-11-8-19(15-32-23)18-6-9-20(10-7-18)28(12-13-28)27(35)36-2/h6-11,14-17,21,29-30H,3-5,12-13H2,1-2H3,(H,33,34)/b26-22-,29-14?. The summed E-state index contributed by atoms with van der Waals surface area (Å²) in [6.45, 7) is 0. The van der Waals surface area contributed by atoms with Crippen LogP contribution in [0.1, 0.15) is 43.4 Å². The summed E-state index contributed by atoms with van der Waals surface area (Å²) < 4.78 is 10.8. The molecule has 2 saturated carbocycles. The molecule has 0 saturated heterocycles. The summed E-state index contributed by atoms with van der Waals surface area (Å²) in [5, 5.41) is 14.3. The van der Waals surface area contributed by atoms with Gasteiger partial charge in [0.15, 0.2) is 5.82 Å². The predicted octanol–water partition coefficient (Wildman–Crippen LogP) is 4.32. The van der Waals surface area contributed by atoms with Gasteiger partial charge in [-0.25, -0.2) is 0 Å². The molecule has 5 rings (SSSR count). The monoisotopic (exact) mass is 498 g/mol.